The average molecular weight is 235 g/mol. The fourth-order valence-corrected chi connectivity index (χ4v) is 1.42. The van der Waals surface area contributed by atoms with Gasteiger partial charge in [0.15, 0.2) is 0 Å². The van der Waals surface area contributed by atoms with Crippen LogP contribution in [0.25, 0.3) is 0 Å². The van der Waals surface area contributed by atoms with Crippen molar-refractivity contribution in [3.8, 4) is 0 Å². The van der Waals surface area contributed by atoms with E-state index in [0.29, 0.717) is 5.56 Å². The SMILES string of the molecule is NC(CCC(F)(F)F)Cc1cccc(F)c1. The summed E-state index contributed by atoms with van der Waals surface area (Å²) in [5, 5.41) is 0. The predicted octanol–water partition coefficient (Wildman–Crippen LogP) is 3.04. The lowest BCUT2D eigenvalue weighted by Crippen LogP contribution is -2.25. The van der Waals surface area contributed by atoms with Gasteiger partial charge in [-0.25, -0.2) is 4.39 Å². The number of rotatable bonds is 4. The van der Waals surface area contributed by atoms with Crippen LogP contribution in [0.15, 0.2) is 24.3 Å². The Morgan fingerprint density at radius 3 is 2.50 bits per heavy atom. The van der Waals surface area contributed by atoms with E-state index in [4.69, 9.17) is 5.73 Å². The molecule has 5 heteroatoms. The summed E-state index contributed by atoms with van der Waals surface area (Å²) >= 11 is 0. The first-order chi connectivity index (χ1) is 7.37. The zero-order valence-electron chi connectivity index (χ0n) is 8.60. The van der Waals surface area contributed by atoms with Crippen LogP contribution in [0.4, 0.5) is 17.6 Å². The Kier molecular flexibility index (Phi) is 4.29. The van der Waals surface area contributed by atoms with Crippen LogP contribution in [-0.2, 0) is 6.42 Å². The van der Waals surface area contributed by atoms with Crippen molar-refractivity contribution in [1.29, 1.82) is 0 Å². The normalized spacial score (nSPS) is 13.8. The lowest BCUT2D eigenvalue weighted by atomic mass is 10.0. The Balaban J connectivity index is 2.43. The van der Waals surface area contributed by atoms with Gasteiger partial charge >= 0.3 is 6.18 Å². The molecule has 0 saturated heterocycles. The Morgan fingerprint density at radius 1 is 1.25 bits per heavy atom. The van der Waals surface area contributed by atoms with Gasteiger partial charge in [0.2, 0.25) is 0 Å². The second-order valence-electron chi connectivity index (χ2n) is 3.75. The quantitative estimate of drug-likeness (QED) is 0.797. The molecular weight excluding hydrogens is 222 g/mol. The summed E-state index contributed by atoms with van der Waals surface area (Å²) in [5.41, 5.74) is 6.16. The van der Waals surface area contributed by atoms with Gasteiger partial charge in [-0.3, -0.25) is 0 Å². The molecule has 1 aromatic carbocycles. The van der Waals surface area contributed by atoms with Crippen LogP contribution < -0.4 is 5.73 Å². The summed E-state index contributed by atoms with van der Waals surface area (Å²) in [5.74, 6) is -0.402. The molecule has 0 radical (unpaired) electrons. The molecule has 1 aromatic rings. The number of hydrogen-bond donors (Lipinski definition) is 1. The minimum absolute atomic E-state index is 0.139. The third-order valence-electron chi connectivity index (χ3n) is 2.19. The number of hydrogen-bond acceptors (Lipinski definition) is 1. The van der Waals surface area contributed by atoms with E-state index in [0.717, 1.165) is 0 Å². The summed E-state index contributed by atoms with van der Waals surface area (Å²) in [6.45, 7) is 0. The fourth-order valence-electron chi connectivity index (χ4n) is 1.42. The zero-order chi connectivity index (χ0) is 12.2. The molecule has 0 aliphatic heterocycles. The van der Waals surface area contributed by atoms with Gasteiger partial charge in [0.05, 0.1) is 0 Å². The van der Waals surface area contributed by atoms with Crippen LogP contribution in [0, 0.1) is 5.82 Å². The van der Waals surface area contributed by atoms with Gasteiger partial charge in [0, 0.05) is 12.5 Å². The van der Waals surface area contributed by atoms with Gasteiger partial charge < -0.3 is 5.73 Å². The molecule has 0 bridgehead atoms. The number of halogens is 4. The third-order valence-corrected chi connectivity index (χ3v) is 2.19. The van der Waals surface area contributed by atoms with Gasteiger partial charge in [-0.1, -0.05) is 12.1 Å². The fraction of sp³-hybridized carbons (Fsp3) is 0.455. The van der Waals surface area contributed by atoms with Gasteiger partial charge in [-0.05, 0) is 30.5 Å². The van der Waals surface area contributed by atoms with Crippen LogP contribution >= 0.6 is 0 Å². The van der Waals surface area contributed by atoms with Crippen LogP contribution in [0.1, 0.15) is 18.4 Å². The summed E-state index contributed by atoms with van der Waals surface area (Å²) < 4.78 is 48.5. The molecule has 0 heterocycles. The Bertz CT molecular complexity index is 335. The molecule has 1 nitrogen and oxygen atoms in total. The summed E-state index contributed by atoms with van der Waals surface area (Å²) in [4.78, 5) is 0. The maximum atomic E-state index is 12.8. The van der Waals surface area contributed by atoms with Crippen molar-refractivity contribution >= 4 is 0 Å². The van der Waals surface area contributed by atoms with E-state index in [-0.39, 0.29) is 12.8 Å². The Morgan fingerprint density at radius 2 is 1.94 bits per heavy atom. The molecule has 1 rings (SSSR count). The molecule has 16 heavy (non-hydrogen) atoms. The van der Waals surface area contributed by atoms with E-state index in [1.165, 1.54) is 18.2 Å². The number of nitrogens with two attached hydrogens (primary N) is 1. The molecule has 0 aliphatic carbocycles. The molecular formula is C11H13F4N. The van der Waals surface area contributed by atoms with Crippen molar-refractivity contribution in [3.05, 3.63) is 35.6 Å². The van der Waals surface area contributed by atoms with E-state index in [9.17, 15) is 17.6 Å². The van der Waals surface area contributed by atoms with Crippen molar-refractivity contribution < 1.29 is 17.6 Å². The highest BCUT2D eigenvalue weighted by Gasteiger charge is 2.27. The monoisotopic (exact) mass is 235 g/mol. The molecule has 1 atom stereocenters. The Labute approximate surface area is 91.3 Å². The molecule has 0 amide bonds. The molecule has 2 N–H and O–H groups in total. The van der Waals surface area contributed by atoms with E-state index in [1.807, 2.05) is 0 Å². The standard InChI is InChI=1S/C11H13F4N/c12-9-3-1-2-8(6-9)7-10(16)4-5-11(13,14)15/h1-3,6,10H,4-5,7,16H2. The largest absolute Gasteiger partial charge is 0.389 e. The molecule has 90 valence electrons. The third kappa shape index (κ3) is 5.11. The van der Waals surface area contributed by atoms with Crippen molar-refractivity contribution in [2.24, 2.45) is 5.73 Å². The maximum Gasteiger partial charge on any atom is 0.389 e. The van der Waals surface area contributed by atoms with Crippen molar-refractivity contribution in [1.82, 2.24) is 0 Å². The molecule has 1 unspecified atom stereocenters. The first-order valence-corrected chi connectivity index (χ1v) is 4.93. The van der Waals surface area contributed by atoms with E-state index >= 15 is 0 Å². The first-order valence-electron chi connectivity index (χ1n) is 4.93. The minimum atomic E-state index is -4.18. The van der Waals surface area contributed by atoms with Crippen LogP contribution in [-0.4, -0.2) is 12.2 Å². The van der Waals surface area contributed by atoms with Gasteiger partial charge in [-0.2, -0.15) is 13.2 Å². The lowest BCUT2D eigenvalue weighted by Gasteiger charge is -2.13. The number of alkyl halides is 3. The topological polar surface area (TPSA) is 26.0 Å². The lowest BCUT2D eigenvalue weighted by molar-refractivity contribution is -0.136. The van der Waals surface area contributed by atoms with Gasteiger partial charge in [-0.15, -0.1) is 0 Å². The maximum absolute atomic E-state index is 12.8. The van der Waals surface area contributed by atoms with Crippen LogP contribution in [0.2, 0.25) is 0 Å². The van der Waals surface area contributed by atoms with E-state index in [1.54, 1.807) is 6.07 Å². The van der Waals surface area contributed by atoms with Crippen LogP contribution in [0.5, 0.6) is 0 Å². The first kappa shape index (κ1) is 13.0. The average Bonchev–Trinajstić information content (AvgIpc) is 2.14. The summed E-state index contributed by atoms with van der Waals surface area (Å²) in [6, 6.07) is 5.14. The summed E-state index contributed by atoms with van der Waals surface area (Å²) in [7, 11) is 0. The highest BCUT2D eigenvalue weighted by Crippen LogP contribution is 2.22. The molecule has 0 spiro atoms. The zero-order valence-corrected chi connectivity index (χ0v) is 8.60. The van der Waals surface area contributed by atoms with E-state index in [2.05, 4.69) is 0 Å². The molecule has 0 saturated carbocycles. The van der Waals surface area contributed by atoms with Crippen molar-refractivity contribution in [2.75, 3.05) is 0 Å². The minimum Gasteiger partial charge on any atom is -0.327 e. The van der Waals surface area contributed by atoms with Gasteiger partial charge in [0.25, 0.3) is 0 Å². The predicted molar refractivity (Wildman–Crippen MR) is 53.4 cm³/mol. The molecule has 0 aromatic heterocycles. The summed E-state index contributed by atoms with van der Waals surface area (Å²) in [6.07, 6.45) is -4.96. The highest BCUT2D eigenvalue weighted by molar-refractivity contribution is 5.17. The Hall–Kier alpha value is -1.10. The smallest absolute Gasteiger partial charge is 0.327 e. The highest BCUT2D eigenvalue weighted by atomic mass is 19.4. The van der Waals surface area contributed by atoms with Crippen molar-refractivity contribution in [2.45, 2.75) is 31.5 Å². The van der Waals surface area contributed by atoms with E-state index < -0.39 is 24.5 Å². The van der Waals surface area contributed by atoms with Crippen LogP contribution in [0.3, 0.4) is 0 Å². The second kappa shape index (κ2) is 5.30. The van der Waals surface area contributed by atoms with Crippen molar-refractivity contribution in [3.63, 3.8) is 0 Å². The second-order valence-corrected chi connectivity index (χ2v) is 3.75. The molecule has 0 fully saturated rings. The van der Waals surface area contributed by atoms with Gasteiger partial charge in [0.1, 0.15) is 5.82 Å². The molecule has 0 aliphatic rings. The number of benzene rings is 1.